The molecule has 0 aliphatic heterocycles. The molecule has 94 valence electrons. The van der Waals surface area contributed by atoms with E-state index in [2.05, 4.69) is 10.6 Å². The second-order valence-corrected chi connectivity index (χ2v) is 4.23. The van der Waals surface area contributed by atoms with Crippen LogP contribution in [0, 0.1) is 0 Å². The minimum absolute atomic E-state index is 0.0296. The summed E-state index contributed by atoms with van der Waals surface area (Å²) in [5, 5.41) is 14.1. The Balaban J connectivity index is 3.58. The minimum atomic E-state index is -0.225. The van der Waals surface area contributed by atoms with Gasteiger partial charge < -0.3 is 15.7 Å². The molecule has 1 atom stereocenters. The molecule has 0 radical (unpaired) electrons. The van der Waals surface area contributed by atoms with Gasteiger partial charge in [-0.1, -0.05) is 0 Å². The van der Waals surface area contributed by atoms with Crippen molar-refractivity contribution in [2.45, 2.75) is 52.1 Å². The van der Waals surface area contributed by atoms with Crippen molar-refractivity contribution < 1.29 is 14.7 Å². The highest BCUT2D eigenvalue weighted by molar-refractivity contribution is 5.79. The van der Waals surface area contributed by atoms with Crippen molar-refractivity contribution in [3.05, 3.63) is 0 Å². The summed E-state index contributed by atoms with van der Waals surface area (Å²) >= 11 is 0. The average Bonchev–Trinajstić information content (AvgIpc) is 2.16. The van der Waals surface area contributed by atoms with Crippen LogP contribution in [0.2, 0.25) is 0 Å². The van der Waals surface area contributed by atoms with E-state index in [1.165, 1.54) is 0 Å². The van der Waals surface area contributed by atoms with Gasteiger partial charge in [-0.05, 0) is 27.2 Å². The van der Waals surface area contributed by atoms with Crippen LogP contribution in [0.1, 0.15) is 40.0 Å². The Morgan fingerprint density at radius 2 is 1.56 bits per heavy atom. The van der Waals surface area contributed by atoms with Crippen LogP contribution in [0.25, 0.3) is 0 Å². The summed E-state index contributed by atoms with van der Waals surface area (Å²) in [6, 6.07) is -0.0901. The predicted molar refractivity (Wildman–Crippen MR) is 61.8 cm³/mol. The number of carbonyl (C=O) groups is 2. The smallest absolute Gasteiger partial charge is 0.220 e. The molecule has 0 spiro atoms. The van der Waals surface area contributed by atoms with Crippen LogP contribution >= 0.6 is 0 Å². The Hall–Kier alpha value is -1.10. The number of hydrogen-bond acceptors (Lipinski definition) is 3. The number of amides is 2. The first-order valence-electron chi connectivity index (χ1n) is 5.65. The number of aliphatic hydroxyl groups excluding tert-OH is 1. The van der Waals surface area contributed by atoms with E-state index in [4.69, 9.17) is 5.11 Å². The molecular formula is C11H22N2O3. The Morgan fingerprint density at radius 1 is 1.06 bits per heavy atom. The fraction of sp³-hybridized carbons (Fsp3) is 0.818. The highest BCUT2D eigenvalue weighted by Crippen LogP contribution is 1.96. The summed E-state index contributed by atoms with van der Waals surface area (Å²) in [4.78, 5) is 22.5. The summed E-state index contributed by atoms with van der Waals surface area (Å²) in [6.45, 7) is 5.45. The van der Waals surface area contributed by atoms with Gasteiger partial charge in [-0.15, -0.1) is 0 Å². The van der Waals surface area contributed by atoms with Crippen LogP contribution in [0.3, 0.4) is 0 Å². The van der Waals surface area contributed by atoms with E-state index in [-0.39, 0.29) is 30.5 Å². The summed E-state index contributed by atoms with van der Waals surface area (Å²) in [7, 11) is 0. The number of rotatable bonds is 7. The number of aliphatic hydroxyl groups is 1. The van der Waals surface area contributed by atoms with E-state index in [1.54, 1.807) is 6.92 Å². The van der Waals surface area contributed by atoms with Gasteiger partial charge in [-0.2, -0.15) is 0 Å². The lowest BCUT2D eigenvalue weighted by Gasteiger charge is -2.11. The molecule has 3 N–H and O–H groups in total. The predicted octanol–water partition coefficient (Wildman–Crippen LogP) is 0.178. The van der Waals surface area contributed by atoms with Crippen molar-refractivity contribution in [2.75, 3.05) is 6.61 Å². The zero-order valence-corrected chi connectivity index (χ0v) is 10.2. The SMILES string of the molecule is CC(C)NC(=O)CCCC(=O)NC(C)CO. The largest absolute Gasteiger partial charge is 0.394 e. The second-order valence-electron chi connectivity index (χ2n) is 4.23. The van der Waals surface area contributed by atoms with Crippen LogP contribution in [0.5, 0.6) is 0 Å². The third-order valence-corrected chi connectivity index (χ3v) is 1.94. The monoisotopic (exact) mass is 230 g/mol. The zero-order chi connectivity index (χ0) is 12.6. The highest BCUT2D eigenvalue weighted by atomic mass is 16.3. The molecule has 0 aromatic heterocycles. The number of carbonyl (C=O) groups excluding carboxylic acids is 2. The lowest BCUT2D eigenvalue weighted by atomic mass is 10.2. The van der Waals surface area contributed by atoms with E-state index in [1.807, 2.05) is 13.8 Å². The van der Waals surface area contributed by atoms with Crippen molar-refractivity contribution in [2.24, 2.45) is 0 Å². The van der Waals surface area contributed by atoms with Gasteiger partial charge in [0, 0.05) is 24.9 Å². The molecule has 0 saturated carbocycles. The fourth-order valence-corrected chi connectivity index (χ4v) is 1.20. The summed E-state index contributed by atoms with van der Waals surface area (Å²) in [5.41, 5.74) is 0. The number of hydrogen-bond donors (Lipinski definition) is 3. The molecular weight excluding hydrogens is 208 g/mol. The molecule has 0 bridgehead atoms. The molecule has 0 aromatic rings. The van der Waals surface area contributed by atoms with Gasteiger partial charge in [0.05, 0.1) is 6.61 Å². The maximum Gasteiger partial charge on any atom is 0.220 e. The molecule has 0 saturated heterocycles. The lowest BCUT2D eigenvalue weighted by molar-refractivity contribution is -0.123. The molecule has 5 nitrogen and oxygen atoms in total. The first-order chi connectivity index (χ1) is 7.45. The maximum atomic E-state index is 11.3. The van der Waals surface area contributed by atoms with Crippen molar-refractivity contribution in [3.8, 4) is 0 Å². The number of nitrogens with one attached hydrogen (secondary N) is 2. The summed E-state index contributed by atoms with van der Waals surface area (Å²) < 4.78 is 0. The van der Waals surface area contributed by atoms with E-state index in [0.717, 1.165) is 0 Å². The lowest BCUT2D eigenvalue weighted by Crippen LogP contribution is -2.35. The summed E-state index contributed by atoms with van der Waals surface area (Å²) in [5.74, 6) is -0.156. The zero-order valence-electron chi connectivity index (χ0n) is 10.2. The van der Waals surface area contributed by atoms with Crippen molar-refractivity contribution in [1.29, 1.82) is 0 Å². The van der Waals surface area contributed by atoms with Crippen LogP contribution in [0.15, 0.2) is 0 Å². The summed E-state index contributed by atoms with van der Waals surface area (Å²) in [6.07, 6.45) is 1.21. The molecule has 0 heterocycles. The molecule has 0 rings (SSSR count). The third kappa shape index (κ3) is 8.23. The van der Waals surface area contributed by atoms with Gasteiger partial charge in [-0.25, -0.2) is 0 Å². The van der Waals surface area contributed by atoms with E-state index >= 15 is 0 Å². The van der Waals surface area contributed by atoms with Crippen molar-refractivity contribution in [1.82, 2.24) is 10.6 Å². The van der Waals surface area contributed by atoms with Crippen LogP contribution in [-0.2, 0) is 9.59 Å². The van der Waals surface area contributed by atoms with Gasteiger partial charge in [-0.3, -0.25) is 9.59 Å². The van der Waals surface area contributed by atoms with Crippen molar-refractivity contribution >= 4 is 11.8 Å². The van der Waals surface area contributed by atoms with E-state index in [9.17, 15) is 9.59 Å². The molecule has 0 fully saturated rings. The highest BCUT2D eigenvalue weighted by Gasteiger charge is 2.08. The Kier molecular flexibility index (Phi) is 7.54. The van der Waals surface area contributed by atoms with Crippen LogP contribution < -0.4 is 10.6 Å². The Bertz CT molecular complexity index is 229. The quantitative estimate of drug-likeness (QED) is 0.583. The van der Waals surface area contributed by atoms with Gasteiger partial charge in [0.2, 0.25) is 11.8 Å². The third-order valence-electron chi connectivity index (χ3n) is 1.94. The van der Waals surface area contributed by atoms with Gasteiger partial charge in [0.1, 0.15) is 0 Å². The van der Waals surface area contributed by atoms with Crippen LogP contribution in [0.4, 0.5) is 0 Å². The fourth-order valence-electron chi connectivity index (χ4n) is 1.20. The maximum absolute atomic E-state index is 11.3. The Morgan fingerprint density at radius 3 is 2.00 bits per heavy atom. The van der Waals surface area contributed by atoms with Gasteiger partial charge in [0.25, 0.3) is 0 Å². The second kappa shape index (κ2) is 8.10. The molecule has 0 aromatic carbocycles. The minimum Gasteiger partial charge on any atom is -0.394 e. The standard InChI is InChI=1S/C11H22N2O3/c1-8(2)12-10(15)5-4-6-11(16)13-9(3)7-14/h8-9,14H,4-7H2,1-3H3,(H,12,15)(H,13,16). The molecule has 5 heteroatoms. The molecule has 0 aliphatic carbocycles. The average molecular weight is 230 g/mol. The molecule has 0 aliphatic rings. The van der Waals surface area contributed by atoms with Crippen LogP contribution in [-0.4, -0.2) is 35.6 Å². The van der Waals surface area contributed by atoms with Gasteiger partial charge >= 0.3 is 0 Å². The first kappa shape index (κ1) is 14.9. The normalized spacial score (nSPS) is 12.3. The molecule has 2 amide bonds. The topological polar surface area (TPSA) is 78.4 Å². The molecule has 1 unspecified atom stereocenters. The van der Waals surface area contributed by atoms with Crippen molar-refractivity contribution in [3.63, 3.8) is 0 Å². The Labute approximate surface area is 96.6 Å². The van der Waals surface area contributed by atoms with E-state index in [0.29, 0.717) is 19.3 Å². The molecule has 16 heavy (non-hydrogen) atoms. The van der Waals surface area contributed by atoms with E-state index < -0.39 is 0 Å². The van der Waals surface area contributed by atoms with Gasteiger partial charge in [0.15, 0.2) is 0 Å². The first-order valence-corrected chi connectivity index (χ1v) is 5.65.